The second-order valence-corrected chi connectivity index (χ2v) is 12.6. The van der Waals surface area contributed by atoms with E-state index in [1.165, 1.54) is 24.3 Å². The Labute approximate surface area is 257 Å². The largest absolute Gasteiger partial charge is 0.466 e. The molecule has 44 heavy (non-hydrogen) atoms. The third kappa shape index (κ3) is 9.28. The van der Waals surface area contributed by atoms with Crippen LogP contribution in [-0.4, -0.2) is 39.3 Å². The van der Waals surface area contributed by atoms with Gasteiger partial charge in [0.2, 0.25) is 0 Å². The Bertz CT molecular complexity index is 1500. The molecule has 0 aliphatic heterocycles. The van der Waals surface area contributed by atoms with Crippen molar-refractivity contribution in [3.63, 3.8) is 0 Å². The van der Waals surface area contributed by atoms with Crippen LogP contribution >= 0.6 is 0 Å². The van der Waals surface area contributed by atoms with Gasteiger partial charge in [0.15, 0.2) is 6.10 Å². The van der Waals surface area contributed by atoms with Crippen molar-refractivity contribution >= 4 is 22.0 Å². The molecular formula is C33H40F3NO6S. The molecule has 1 saturated carbocycles. The number of rotatable bonds is 17. The lowest BCUT2D eigenvalue weighted by Gasteiger charge is -2.25. The zero-order valence-corrected chi connectivity index (χ0v) is 26.2. The predicted octanol–water partition coefficient (Wildman–Crippen LogP) is 6.89. The Hall–Kier alpha value is -3.44. The molecule has 11 heteroatoms. The van der Waals surface area contributed by atoms with Gasteiger partial charge in [0.25, 0.3) is 16.0 Å². The highest BCUT2D eigenvalue weighted by Crippen LogP contribution is 2.46. The summed E-state index contributed by atoms with van der Waals surface area (Å²) >= 11 is 0. The van der Waals surface area contributed by atoms with Gasteiger partial charge in [-0.3, -0.25) is 13.8 Å². The van der Waals surface area contributed by atoms with E-state index >= 15 is 8.78 Å². The van der Waals surface area contributed by atoms with E-state index in [0.717, 1.165) is 19.1 Å². The SMILES string of the molecule is C=CCCCCc1cc(F)cc(C)c1-c1cc(C2CC2)c(F)c([C@H](CC(=O)OCC)NC(=O)[C@@H](CC=C)OS(C)(=O)=O)c1F. The summed E-state index contributed by atoms with van der Waals surface area (Å²) in [5.74, 6) is -4.47. The standard InChI is InChI=1S/C33H40F3NO6S/c1-6-9-10-11-13-22-17-23(34)16-20(4)29(22)25-18-24(21-14-15-21)31(35)30(32(25)36)26(19-28(38)42-8-3)37-33(39)27(12-7-2)43-44(5,40)41/h6-7,16-18,21,26-27H,1-2,8-15,19H2,3-5H3,(H,37,39)/t26-,27+/m0/s1. The van der Waals surface area contributed by atoms with Gasteiger partial charge in [0.05, 0.1) is 25.3 Å². The van der Waals surface area contributed by atoms with Crippen LogP contribution in [0.1, 0.15) is 86.1 Å². The van der Waals surface area contributed by atoms with Crippen LogP contribution in [0, 0.1) is 24.4 Å². The monoisotopic (exact) mass is 635 g/mol. The number of benzene rings is 2. The van der Waals surface area contributed by atoms with Crippen molar-refractivity contribution < 1.29 is 40.1 Å². The van der Waals surface area contributed by atoms with Crippen molar-refractivity contribution in [2.24, 2.45) is 0 Å². The van der Waals surface area contributed by atoms with Crippen LogP contribution in [0.5, 0.6) is 0 Å². The minimum atomic E-state index is -4.10. The van der Waals surface area contributed by atoms with Crippen molar-refractivity contribution in [2.45, 2.75) is 83.3 Å². The van der Waals surface area contributed by atoms with Crippen molar-refractivity contribution in [1.29, 1.82) is 0 Å². The van der Waals surface area contributed by atoms with Crippen LogP contribution in [0.2, 0.25) is 0 Å². The summed E-state index contributed by atoms with van der Waals surface area (Å²) in [4.78, 5) is 25.9. The molecule has 1 aliphatic rings. The van der Waals surface area contributed by atoms with Crippen LogP contribution in [-0.2, 0) is 35.0 Å². The van der Waals surface area contributed by atoms with Gasteiger partial charge in [-0.25, -0.2) is 13.2 Å². The highest BCUT2D eigenvalue weighted by molar-refractivity contribution is 7.86. The number of carbonyl (C=O) groups excluding carboxylic acids is 2. The van der Waals surface area contributed by atoms with Gasteiger partial charge in [-0.1, -0.05) is 12.2 Å². The van der Waals surface area contributed by atoms with Crippen LogP contribution in [0.3, 0.4) is 0 Å². The molecule has 1 N–H and O–H groups in total. The summed E-state index contributed by atoms with van der Waals surface area (Å²) in [7, 11) is -4.10. The number of aryl methyl sites for hydroxylation is 2. The van der Waals surface area contributed by atoms with Crippen LogP contribution in [0.15, 0.2) is 43.5 Å². The summed E-state index contributed by atoms with van der Waals surface area (Å²) in [6.45, 7) is 10.4. The lowest BCUT2D eigenvalue weighted by atomic mass is 9.86. The number of ether oxygens (including phenoxy) is 1. The number of esters is 1. The maximum atomic E-state index is 16.7. The first-order valence-corrected chi connectivity index (χ1v) is 16.5. The predicted molar refractivity (Wildman–Crippen MR) is 163 cm³/mol. The number of amides is 1. The number of hydrogen-bond acceptors (Lipinski definition) is 6. The molecule has 0 radical (unpaired) electrons. The molecule has 0 saturated heterocycles. The number of unbranched alkanes of at least 4 members (excludes halogenated alkanes) is 2. The Morgan fingerprint density at radius 1 is 1.09 bits per heavy atom. The Kier molecular flexibility index (Phi) is 12.4. The Morgan fingerprint density at radius 3 is 2.39 bits per heavy atom. The van der Waals surface area contributed by atoms with Gasteiger partial charge in [-0.2, -0.15) is 8.42 Å². The van der Waals surface area contributed by atoms with Crippen LogP contribution in [0.4, 0.5) is 13.2 Å². The average Bonchev–Trinajstić information content (AvgIpc) is 3.76. The summed E-state index contributed by atoms with van der Waals surface area (Å²) in [6, 6.07) is 2.49. The van der Waals surface area contributed by atoms with Crippen LogP contribution in [0.25, 0.3) is 11.1 Å². The topological polar surface area (TPSA) is 98.8 Å². The molecular weight excluding hydrogens is 595 g/mol. The van der Waals surface area contributed by atoms with Crippen LogP contribution < -0.4 is 5.32 Å². The Balaban J connectivity index is 2.21. The molecule has 1 aliphatic carbocycles. The lowest BCUT2D eigenvalue weighted by molar-refractivity contribution is -0.144. The first kappa shape index (κ1) is 35.0. The number of halogens is 3. The molecule has 0 bridgehead atoms. The van der Waals surface area contributed by atoms with Gasteiger partial charge in [0, 0.05) is 17.5 Å². The third-order valence-corrected chi connectivity index (χ3v) is 7.92. The average molecular weight is 636 g/mol. The fraction of sp³-hybridized carbons (Fsp3) is 0.455. The first-order chi connectivity index (χ1) is 20.8. The van der Waals surface area contributed by atoms with E-state index in [2.05, 4.69) is 18.5 Å². The number of hydrogen-bond donors (Lipinski definition) is 1. The minimum Gasteiger partial charge on any atom is -0.466 e. The van der Waals surface area contributed by atoms with Gasteiger partial charge >= 0.3 is 5.97 Å². The zero-order valence-electron chi connectivity index (χ0n) is 25.4. The third-order valence-electron chi connectivity index (χ3n) is 7.34. The normalized spacial score (nSPS) is 14.5. The van der Waals surface area contributed by atoms with Gasteiger partial charge < -0.3 is 10.1 Å². The second kappa shape index (κ2) is 15.5. The highest BCUT2D eigenvalue weighted by Gasteiger charge is 2.36. The smallest absolute Gasteiger partial charge is 0.308 e. The number of nitrogens with one attached hydrogen (secondary N) is 1. The van der Waals surface area contributed by atoms with E-state index in [-0.39, 0.29) is 30.1 Å². The molecule has 1 amide bonds. The van der Waals surface area contributed by atoms with Gasteiger partial charge in [0.1, 0.15) is 17.5 Å². The molecule has 0 heterocycles. The zero-order chi connectivity index (χ0) is 32.6. The second-order valence-electron chi connectivity index (χ2n) is 11.0. The molecule has 2 aromatic carbocycles. The fourth-order valence-corrected chi connectivity index (χ4v) is 5.87. The number of allylic oxidation sites excluding steroid dienone is 1. The molecule has 7 nitrogen and oxygen atoms in total. The molecule has 240 valence electrons. The summed E-state index contributed by atoms with van der Waals surface area (Å²) in [6.07, 6.45) is 5.33. The molecule has 0 aromatic heterocycles. The number of carbonyl (C=O) groups is 2. The molecule has 3 rings (SSSR count). The summed E-state index contributed by atoms with van der Waals surface area (Å²) in [5, 5.41) is 2.44. The molecule has 0 spiro atoms. The maximum absolute atomic E-state index is 16.7. The summed E-state index contributed by atoms with van der Waals surface area (Å²) < 4.78 is 81.2. The highest BCUT2D eigenvalue weighted by atomic mass is 32.2. The summed E-state index contributed by atoms with van der Waals surface area (Å²) in [5.41, 5.74) is 1.08. The molecule has 0 unspecified atom stereocenters. The van der Waals surface area contributed by atoms with Crippen molar-refractivity contribution in [3.8, 4) is 11.1 Å². The fourth-order valence-electron chi connectivity index (χ4n) is 5.29. The first-order valence-electron chi connectivity index (χ1n) is 14.7. The van der Waals surface area contributed by atoms with E-state index < -0.39 is 63.6 Å². The Morgan fingerprint density at radius 2 is 1.80 bits per heavy atom. The van der Waals surface area contributed by atoms with Crippen molar-refractivity contribution in [3.05, 3.63) is 83.2 Å². The van der Waals surface area contributed by atoms with E-state index in [1.807, 2.05) is 0 Å². The van der Waals surface area contributed by atoms with Crippen molar-refractivity contribution in [2.75, 3.05) is 12.9 Å². The quantitative estimate of drug-likeness (QED) is 0.0880. The van der Waals surface area contributed by atoms with E-state index in [9.17, 15) is 22.4 Å². The van der Waals surface area contributed by atoms with Crippen molar-refractivity contribution in [1.82, 2.24) is 5.32 Å². The minimum absolute atomic E-state index is 0.0158. The van der Waals surface area contributed by atoms with E-state index in [0.29, 0.717) is 42.4 Å². The van der Waals surface area contributed by atoms with E-state index in [1.54, 1.807) is 19.9 Å². The molecule has 2 atom stereocenters. The molecule has 1 fully saturated rings. The maximum Gasteiger partial charge on any atom is 0.308 e. The van der Waals surface area contributed by atoms with Gasteiger partial charge in [-0.15, -0.1) is 13.2 Å². The van der Waals surface area contributed by atoms with E-state index in [4.69, 9.17) is 8.92 Å². The van der Waals surface area contributed by atoms with Gasteiger partial charge in [-0.05, 0) is 98.7 Å². The lowest BCUT2D eigenvalue weighted by Crippen LogP contribution is -2.41. The molecule has 2 aromatic rings.